The Balaban J connectivity index is 1.84. The number of Topliss-reactive ketones (excluding diaryl/α,β-unsaturated/α-hetero) is 1. The highest BCUT2D eigenvalue weighted by Gasteiger charge is 2.42. The third kappa shape index (κ3) is 5.32. The molecule has 1 heterocycles. The first kappa shape index (κ1) is 27.8. The van der Waals surface area contributed by atoms with Gasteiger partial charge in [-0.1, -0.05) is 35.0 Å². The van der Waals surface area contributed by atoms with Crippen LogP contribution < -0.4 is 19.5 Å². The maximum absolute atomic E-state index is 13.9. The smallest absolute Gasteiger partial charge is 0.337 e. The lowest BCUT2D eigenvalue weighted by atomic mass is 9.71. The van der Waals surface area contributed by atoms with Crippen LogP contribution in [0.5, 0.6) is 17.2 Å². The molecule has 4 rings (SSSR count). The Morgan fingerprint density at radius 1 is 1.05 bits per heavy atom. The first-order valence-electron chi connectivity index (χ1n) is 12.7. The Bertz CT molecular complexity index is 1300. The Morgan fingerprint density at radius 3 is 2.32 bits per heavy atom. The van der Waals surface area contributed by atoms with E-state index in [4.69, 9.17) is 18.9 Å². The molecule has 38 heavy (non-hydrogen) atoms. The van der Waals surface area contributed by atoms with E-state index in [2.05, 4.69) is 21.2 Å². The number of hydrogen-bond acceptors (Lipinski definition) is 7. The first-order valence-corrected chi connectivity index (χ1v) is 13.5. The van der Waals surface area contributed by atoms with E-state index < -0.39 is 11.9 Å². The quantitative estimate of drug-likeness (QED) is 0.371. The molecule has 0 saturated carbocycles. The van der Waals surface area contributed by atoms with Gasteiger partial charge >= 0.3 is 5.97 Å². The lowest BCUT2D eigenvalue weighted by molar-refractivity contribution is -0.144. The van der Waals surface area contributed by atoms with Crippen LogP contribution >= 0.6 is 15.9 Å². The minimum Gasteiger partial charge on any atom is -0.497 e. The van der Waals surface area contributed by atoms with E-state index in [1.165, 1.54) is 0 Å². The summed E-state index contributed by atoms with van der Waals surface area (Å²) in [5.74, 6) is 0.772. The molecule has 0 bridgehead atoms. The fourth-order valence-electron chi connectivity index (χ4n) is 5.15. The lowest BCUT2D eigenvalue weighted by Gasteiger charge is -2.37. The third-order valence-electron chi connectivity index (χ3n) is 7.33. The molecule has 0 aromatic heterocycles. The number of halogens is 1. The van der Waals surface area contributed by atoms with Gasteiger partial charge in [-0.05, 0) is 68.0 Å². The molecule has 0 amide bonds. The highest BCUT2D eigenvalue weighted by molar-refractivity contribution is 9.10. The van der Waals surface area contributed by atoms with Gasteiger partial charge in [0.15, 0.2) is 17.3 Å². The van der Waals surface area contributed by atoms with Crippen LogP contribution in [0.3, 0.4) is 0 Å². The van der Waals surface area contributed by atoms with Crippen LogP contribution in [-0.2, 0) is 14.3 Å². The van der Waals surface area contributed by atoms with Crippen molar-refractivity contribution in [2.24, 2.45) is 0 Å². The molecule has 0 saturated heterocycles. The zero-order chi connectivity index (χ0) is 27.6. The molecule has 1 aliphatic carbocycles. The van der Waals surface area contributed by atoms with Crippen molar-refractivity contribution in [1.29, 1.82) is 0 Å². The second kappa shape index (κ2) is 11.6. The van der Waals surface area contributed by atoms with Crippen molar-refractivity contribution in [2.45, 2.75) is 58.0 Å². The SMILES string of the molecule is CC[C@H](C)OC(=O)C1=C(C)NC2=C(C(=O)C[C@H](c3ccc(OC)cc3)C2)[C@H]1c1cc(OC)c(OC)cc1Br. The number of benzene rings is 2. The van der Waals surface area contributed by atoms with Gasteiger partial charge in [-0.3, -0.25) is 4.79 Å². The molecule has 0 fully saturated rings. The molecule has 0 spiro atoms. The largest absolute Gasteiger partial charge is 0.497 e. The molecule has 8 heteroatoms. The van der Waals surface area contributed by atoms with Crippen molar-refractivity contribution in [3.05, 3.63) is 74.5 Å². The summed E-state index contributed by atoms with van der Waals surface area (Å²) < 4.78 is 22.8. The van der Waals surface area contributed by atoms with E-state index in [-0.39, 0.29) is 17.8 Å². The van der Waals surface area contributed by atoms with Gasteiger partial charge in [0, 0.05) is 33.8 Å². The number of carbonyl (C=O) groups excluding carboxylic acids is 2. The number of carbonyl (C=O) groups is 2. The maximum atomic E-state index is 13.9. The topological polar surface area (TPSA) is 83.1 Å². The highest BCUT2D eigenvalue weighted by Crippen LogP contribution is 2.49. The van der Waals surface area contributed by atoms with Crippen molar-refractivity contribution >= 4 is 27.7 Å². The van der Waals surface area contributed by atoms with Gasteiger partial charge < -0.3 is 24.3 Å². The average molecular weight is 585 g/mol. The number of esters is 1. The standard InChI is InChI=1S/C30H34BrNO6/c1-7-16(2)38-30(34)27-17(3)32-23-12-19(18-8-10-20(35-4)11-9-18)13-24(33)29(23)28(27)21-14-25(36-5)26(37-6)15-22(21)31/h8-11,14-16,19,28,32H,7,12-13H2,1-6H3/t16-,19+,28-/m0/s1. The van der Waals surface area contributed by atoms with Gasteiger partial charge in [0.05, 0.1) is 33.0 Å². The molecule has 1 N–H and O–H groups in total. The molecular formula is C30H34BrNO6. The van der Waals surface area contributed by atoms with Crippen molar-refractivity contribution in [2.75, 3.05) is 21.3 Å². The van der Waals surface area contributed by atoms with Gasteiger partial charge in [-0.2, -0.15) is 0 Å². The summed E-state index contributed by atoms with van der Waals surface area (Å²) in [5.41, 5.74) is 4.32. The van der Waals surface area contributed by atoms with Crippen molar-refractivity contribution in [3.8, 4) is 17.2 Å². The molecule has 0 radical (unpaired) electrons. The maximum Gasteiger partial charge on any atom is 0.337 e. The molecule has 202 valence electrons. The number of ketones is 1. The van der Waals surface area contributed by atoms with E-state index in [9.17, 15) is 9.59 Å². The van der Waals surface area contributed by atoms with E-state index >= 15 is 0 Å². The summed E-state index contributed by atoms with van der Waals surface area (Å²) in [5, 5.41) is 3.41. The third-order valence-corrected chi connectivity index (χ3v) is 8.02. The molecular weight excluding hydrogens is 550 g/mol. The second-order valence-electron chi connectivity index (χ2n) is 9.64. The minimum absolute atomic E-state index is 0.00686. The van der Waals surface area contributed by atoms with E-state index in [0.29, 0.717) is 52.1 Å². The van der Waals surface area contributed by atoms with Crippen LogP contribution in [0.2, 0.25) is 0 Å². The molecule has 2 aromatic carbocycles. The van der Waals surface area contributed by atoms with Crippen LogP contribution in [0.4, 0.5) is 0 Å². The van der Waals surface area contributed by atoms with E-state index in [1.807, 2.05) is 51.1 Å². The van der Waals surface area contributed by atoms with E-state index in [0.717, 1.165) is 22.6 Å². The van der Waals surface area contributed by atoms with Crippen LogP contribution in [0.15, 0.2) is 63.4 Å². The Labute approximate surface area is 232 Å². The number of allylic oxidation sites excluding steroid dienone is 3. The fourth-order valence-corrected chi connectivity index (χ4v) is 5.70. The predicted molar refractivity (Wildman–Crippen MR) is 149 cm³/mol. The van der Waals surface area contributed by atoms with Gasteiger partial charge in [0.2, 0.25) is 0 Å². The minimum atomic E-state index is -0.624. The second-order valence-corrected chi connectivity index (χ2v) is 10.5. The monoisotopic (exact) mass is 583 g/mol. The number of rotatable bonds is 8. The summed E-state index contributed by atoms with van der Waals surface area (Å²) in [4.78, 5) is 27.4. The highest BCUT2D eigenvalue weighted by atomic mass is 79.9. The molecule has 2 aromatic rings. The average Bonchev–Trinajstić information content (AvgIpc) is 2.91. The summed E-state index contributed by atoms with van der Waals surface area (Å²) in [6.07, 6.45) is 1.40. The summed E-state index contributed by atoms with van der Waals surface area (Å²) in [6.45, 7) is 5.69. The van der Waals surface area contributed by atoms with Crippen LogP contribution in [-0.4, -0.2) is 39.2 Å². The zero-order valence-corrected chi connectivity index (χ0v) is 24.2. The van der Waals surface area contributed by atoms with E-state index in [1.54, 1.807) is 27.4 Å². The van der Waals surface area contributed by atoms with Crippen molar-refractivity contribution < 1.29 is 28.5 Å². The summed E-state index contributed by atoms with van der Waals surface area (Å²) >= 11 is 3.67. The number of dihydropyridines is 1. The number of nitrogens with one attached hydrogen (secondary N) is 1. The zero-order valence-electron chi connectivity index (χ0n) is 22.6. The predicted octanol–water partition coefficient (Wildman–Crippen LogP) is 6.18. The Hall–Kier alpha value is -3.26. The van der Waals surface area contributed by atoms with Crippen LogP contribution in [0.25, 0.3) is 0 Å². The molecule has 1 aliphatic heterocycles. The van der Waals surface area contributed by atoms with Gasteiger partial charge in [0.25, 0.3) is 0 Å². The van der Waals surface area contributed by atoms with Crippen molar-refractivity contribution in [1.82, 2.24) is 5.32 Å². The molecule has 2 aliphatic rings. The normalized spacial score (nSPS) is 19.9. The Kier molecular flexibility index (Phi) is 8.51. The van der Waals surface area contributed by atoms with Crippen LogP contribution in [0.1, 0.15) is 63.0 Å². The van der Waals surface area contributed by atoms with Gasteiger partial charge in [-0.25, -0.2) is 4.79 Å². The molecule has 0 unspecified atom stereocenters. The number of hydrogen-bond donors (Lipinski definition) is 1. The van der Waals surface area contributed by atoms with Crippen molar-refractivity contribution in [3.63, 3.8) is 0 Å². The van der Waals surface area contributed by atoms with Crippen LogP contribution in [0, 0.1) is 0 Å². The number of methoxy groups -OCH3 is 3. The lowest BCUT2D eigenvalue weighted by Crippen LogP contribution is -2.36. The Morgan fingerprint density at radius 2 is 1.71 bits per heavy atom. The molecule has 7 nitrogen and oxygen atoms in total. The van der Waals surface area contributed by atoms with Gasteiger partial charge in [0.1, 0.15) is 5.75 Å². The summed E-state index contributed by atoms with van der Waals surface area (Å²) in [6, 6.07) is 11.5. The van der Waals surface area contributed by atoms with Gasteiger partial charge in [-0.15, -0.1) is 0 Å². The first-order chi connectivity index (χ1) is 18.2. The molecule has 3 atom stereocenters. The number of ether oxygens (including phenoxy) is 4. The summed E-state index contributed by atoms with van der Waals surface area (Å²) in [7, 11) is 4.76. The fraction of sp³-hybridized carbons (Fsp3) is 0.400.